The summed E-state index contributed by atoms with van der Waals surface area (Å²) in [5, 5.41) is 0. The van der Waals surface area contributed by atoms with Gasteiger partial charge in [0, 0.05) is 0 Å². The number of aromatic nitrogens is 1. The topological polar surface area (TPSA) is 45.7 Å². The molecule has 0 unspecified atom stereocenters. The van der Waals surface area contributed by atoms with Gasteiger partial charge in [-0.25, -0.2) is 0 Å². The normalized spacial score (nSPS) is 15.4. The zero-order chi connectivity index (χ0) is 27.0. The summed E-state index contributed by atoms with van der Waals surface area (Å²) >= 11 is -3.18. The quantitative estimate of drug-likeness (QED) is 0.246. The fourth-order valence-electron chi connectivity index (χ4n) is 4.86. The Bertz CT molecular complexity index is 813. The van der Waals surface area contributed by atoms with E-state index in [4.69, 9.17) is 9.72 Å². The van der Waals surface area contributed by atoms with Crippen LogP contribution in [-0.2, 0) is 10.9 Å². The molecule has 1 aliphatic heterocycles. The van der Waals surface area contributed by atoms with E-state index in [0.717, 1.165) is 55.5 Å². The molecule has 0 radical (unpaired) electrons. The van der Waals surface area contributed by atoms with E-state index in [-0.39, 0.29) is 6.09 Å². The molecule has 1 aliphatic rings. The van der Waals surface area contributed by atoms with Crippen LogP contribution in [0.25, 0.3) is 0 Å². The summed E-state index contributed by atoms with van der Waals surface area (Å²) in [7, 11) is 0. The molecule has 36 heavy (non-hydrogen) atoms. The molecule has 0 bridgehead atoms. The summed E-state index contributed by atoms with van der Waals surface area (Å²) in [6, 6.07) is 2.61. The Balaban J connectivity index is 2.42. The third-order valence-electron chi connectivity index (χ3n) is 6.96. The number of hydrogen-bond donors (Lipinski definition) is 0. The van der Waals surface area contributed by atoms with Crippen LogP contribution in [0.15, 0.2) is 12.1 Å². The number of pyridine rings is 1. The molecule has 1 fully saturated rings. The Morgan fingerprint density at radius 2 is 1.42 bits per heavy atom. The zero-order valence-corrected chi connectivity index (χ0v) is 26.0. The van der Waals surface area contributed by atoms with Gasteiger partial charge in [0.05, 0.1) is 0 Å². The van der Waals surface area contributed by atoms with E-state index in [9.17, 15) is 18.0 Å². The second-order valence-electron chi connectivity index (χ2n) is 11.1. The Hall–Kier alpha value is -1.19. The van der Waals surface area contributed by atoms with Gasteiger partial charge in [0.15, 0.2) is 0 Å². The van der Waals surface area contributed by atoms with Gasteiger partial charge in [-0.05, 0) is 0 Å². The van der Waals surface area contributed by atoms with Crippen LogP contribution in [0, 0.1) is 0 Å². The van der Waals surface area contributed by atoms with Gasteiger partial charge in [0.2, 0.25) is 0 Å². The first-order chi connectivity index (χ1) is 16.8. The molecule has 1 saturated heterocycles. The molecule has 9 heteroatoms. The van der Waals surface area contributed by atoms with Gasteiger partial charge >= 0.3 is 221 Å². The third-order valence-corrected chi connectivity index (χ3v) is 22.0. The van der Waals surface area contributed by atoms with Gasteiger partial charge in [-0.15, -0.1) is 0 Å². The van der Waals surface area contributed by atoms with E-state index in [0.29, 0.717) is 32.0 Å². The molecule has 0 aliphatic carbocycles. The number of carbonyl (C=O) groups is 1. The summed E-state index contributed by atoms with van der Waals surface area (Å²) in [5.41, 5.74) is -1.17. The average molecular weight is 620 g/mol. The van der Waals surface area contributed by atoms with Gasteiger partial charge < -0.3 is 0 Å². The standard InChI is InChI=1S/C15H19F3N3O2.3C4H9.Sn/c1-14(2,3)23-13(22)21-8-6-20(7-9-21)12-10-11(4-5-19-12)15(16,17)18;3*1-3-4-2;/h4,10H,6-9H2,1-3H3;3*1,3-4H2,2H3;. The van der Waals surface area contributed by atoms with Crippen molar-refractivity contribution in [3.05, 3.63) is 17.7 Å². The van der Waals surface area contributed by atoms with E-state index in [1.165, 1.54) is 12.1 Å². The van der Waals surface area contributed by atoms with Crippen molar-refractivity contribution in [3.63, 3.8) is 0 Å². The van der Waals surface area contributed by atoms with Crippen molar-refractivity contribution in [2.45, 2.75) is 105 Å². The summed E-state index contributed by atoms with van der Waals surface area (Å²) in [6.07, 6.45) is 1.54. The minimum absolute atomic E-state index is 0.381. The number of rotatable bonds is 11. The Labute approximate surface area is 220 Å². The van der Waals surface area contributed by atoms with E-state index in [1.807, 2.05) is 25.7 Å². The third kappa shape index (κ3) is 8.98. The van der Waals surface area contributed by atoms with Crippen molar-refractivity contribution in [3.8, 4) is 0 Å². The molecule has 1 aromatic rings. The molecule has 0 spiro atoms. The van der Waals surface area contributed by atoms with Crippen molar-refractivity contribution < 1.29 is 22.7 Å². The van der Waals surface area contributed by atoms with Crippen molar-refractivity contribution >= 4 is 34.0 Å². The summed E-state index contributed by atoms with van der Waals surface area (Å²) < 4.78 is 51.7. The van der Waals surface area contributed by atoms with Crippen LogP contribution in [0.3, 0.4) is 0 Å². The molecule has 2 heterocycles. The SMILES string of the molecule is CCC[CH2][Sn]([CH2]CCC)([CH2]CCC)[c]1cc(C(F)(F)F)cc(N2CCN(C(=O)OC(C)(C)C)CC2)n1. The molecular formula is C27H46F3N3O2Sn. The number of unbranched alkanes of at least 4 members (excludes halogenated alkanes) is 3. The number of piperazine rings is 1. The van der Waals surface area contributed by atoms with E-state index >= 15 is 0 Å². The molecule has 5 nitrogen and oxygen atoms in total. The number of hydrogen-bond acceptors (Lipinski definition) is 4. The molecule has 0 saturated carbocycles. The van der Waals surface area contributed by atoms with Crippen LogP contribution in [0.4, 0.5) is 23.8 Å². The molecule has 206 valence electrons. The van der Waals surface area contributed by atoms with E-state index in [2.05, 4.69) is 20.8 Å². The van der Waals surface area contributed by atoms with Crippen molar-refractivity contribution in [1.29, 1.82) is 0 Å². The number of ether oxygens (including phenoxy) is 1. The predicted octanol–water partition coefficient (Wildman–Crippen LogP) is 7.21. The molecule has 0 atom stereocenters. The van der Waals surface area contributed by atoms with Crippen molar-refractivity contribution in [1.82, 2.24) is 9.88 Å². The van der Waals surface area contributed by atoms with Crippen molar-refractivity contribution in [2.24, 2.45) is 0 Å². The first-order valence-electron chi connectivity index (χ1n) is 13.7. The van der Waals surface area contributed by atoms with Gasteiger partial charge in [0.25, 0.3) is 0 Å². The summed E-state index contributed by atoms with van der Waals surface area (Å²) in [6.45, 7) is 13.6. The van der Waals surface area contributed by atoms with Crippen LogP contribution in [0.1, 0.15) is 85.6 Å². The van der Waals surface area contributed by atoms with Gasteiger partial charge in [-0.2, -0.15) is 0 Å². The van der Waals surface area contributed by atoms with Gasteiger partial charge in [0.1, 0.15) is 0 Å². The number of halogens is 3. The molecule has 0 aromatic carbocycles. The monoisotopic (exact) mass is 621 g/mol. The Kier molecular flexibility index (Phi) is 11.7. The molecule has 1 amide bonds. The van der Waals surface area contributed by atoms with Crippen LogP contribution < -0.4 is 8.61 Å². The maximum atomic E-state index is 14.1. The average Bonchev–Trinajstić information content (AvgIpc) is 2.82. The number of amides is 1. The molecular weight excluding hydrogens is 574 g/mol. The number of nitrogens with zero attached hydrogens (tertiary/aromatic N) is 3. The summed E-state index contributed by atoms with van der Waals surface area (Å²) in [5.74, 6) is 0.411. The number of anilines is 1. The van der Waals surface area contributed by atoms with E-state index in [1.54, 1.807) is 4.90 Å². The van der Waals surface area contributed by atoms with Crippen LogP contribution in [0.2, 0.25) is 13.3 Å². The number of carbonyl (C=O) groups excluding carboxylic acids is 1. The second kappa shape index (κ2) is 13.6. The first-order valence-corrected chi connectivity index (χ1v) is 21.2. The zero-order valence-electron chi connectivity index (χ0n) is 23.1. The molecule has 0 N–H and O–H groups in total. The minimum atomic E-state index is -4.41. The van der Waals surface area contributed by atoms with Crippen LogP contribution in [-0.4, -0.2) is 66.1 Å². The predicted molar refractivity (Wildman–Crippen MR) is 144 cm³/mol. The summed E-state index contributed by atoms with van der Waals surface area (Å²) in [4.78, 5) is 21.0. The first kappa shape index (κ1) is 31.0. The Morgan fingerprint density at radius 3 is 1.83 bits per heavy atom. The maximum absolute atomic E-state index is 14.1. The fraction of sp³-hybridized carbons (Fsp3) is 0.778. The van der Waals surface area contributed by atoms with Crippen LogP contribution in [0.5, 0.6) is 0 Å². The van der Waals surface area contributed by atoms with E-state index < -0.39 is 35.7 Å². The number of alkyl halides is 3. The van der Waals surface area contributed by atoms with Crippen molar-refractivity contribution in [2.75, 3.05) is 31.1 Å². The molecule has 2 rings (SSSR count). The van der Waals surface area contributed by atoms with Gasteiger partial charge in [-0.3, -0.25) is 0 Å². The Morgan fingerprint density at radius 1 is 0.917 bits per heavy atom. The fourth-order valence-corrected chi connectivity index (χ4v) is 20.3. The van der Waals surface area contributed by atoms with Crippen LogP contribution >= 0.6 is 0 Å². The second-order valence-corrected chi connectivity index (χ2v) is 24.2. The van der Waals surface area contributed by atoms with Gasteiger partial charge in [-0.1, -0.05) is 0 Å². The molecule has 1 aromatic heterocycles.